The molecule has 166 valence electrons. The maximum atomic E-state index is 12.5. The van der Waals surface area contributed by atoms with Crippen molar-refractivity contribution in [3.05, 3.63) is 24.4 Å². The molecule has 0 spiro atoms. The smallest absolute Gasteiger partial charge is 0.321 e. The molecule has 0 bridgehead atoms. The van der Waals surface area contributed by atoms with Gasteiger partial charge in [0.05, 0.1) is 6.04 Å². The van der Waals surface area contributed by atoms with E-state index in [1.165, 1.54) is 6.42 Å². The zero-order valence-corrected chi connectivity index (χ0v) is 18.5. The molecule has 3 amide bonds. The molecule has 0 aromatic carbocycles. The first-order valence-corrected chi connectivity index (χ1v) is 11.2. The van der Waals surface area contributed by atoms with Gasteiger partial charge in [-0.2, -0.15) is 0 Å². The van der Waals surface area contributed by atoms with Gasteiger partial charge in [0.15, 0.2) is 0 Å². The van der Waals surface area contributed by atoms with Crippen molar-refractivity contribution in [1.29, 1.82) is 0 Å². The van der Waals surface area contributed by atoms with Crippen molar-refractivity contribution >= 4 is 17.8 Å². The summed E-state index contributed by atoms with van der Waals surface area (Å²) in [7, 11) is 0. The third-order valence-corrected chi connectivity index (χ3v) is 6.00. The maximum absolute atomic E-state index is 12.5. The van der Waals surface area contributed by atoms with E-state index in [2.05, 4.69) is 36.4 Å². The zero-order valence-electron chi connectivity index (χ0n) is 18.5. The van der Waals surface area contributed by atoms with Crippen molar-refractivity contribution in [2.45, 2.75) is 45.7 Å². The van der Waals surface area contributed by atoms with E-state index in [0.717, 1.165) is 58.1 Å². The van der Waals surface area contributed by atoms with Crippen molar-refractivity contribution < 1.29 is 9.59 Å². The van der Waals surface area contributed by atoms with Gasteiger partial charge in [-0.15, -0.1) is 0 Å². The summed E-state index contributed by atoms with van der Waals surface area (Å²) < 4.78 is 0. The molecule has 3 heterocycles. The fraction of sp³-hybridized carbons (Fsp3) is 0.682. The van der Waals surface area contributed by atoms with Crippen LogP contribution in [-0.2, 0) is 4.79 Å². The van der Waals surface area contributed by atoms with Crippen LogP contribution in [0.25, 0.3) is 0 Å². The number of piperidine rings is 1. The van der Waals surface area contributed by atoms with Crippen molar-refractivity contribution in [1.82, 2.24) is 25.4 Å². The van der Waals surface area contributed by atoms with E-state index >= 15 is 0 Å². The molecule has 2 aliphatic rings. The van der Waals surface area contributed by atoms with Crippen LogP contribution in [0.3, 0.4) is 0 Å². The van der Waals surface area contributed by atoms with Crippen LogP contribution < -0.4 is 15.5 Å². The number of pyridine rings is 1. The van der Waals surface area contributed by atoms with E-state index < -0.39 is 6.03 Å². The lowest BCUT2D eigenvalue weighted by atomic mass is 9.96. The minimum absolute atomic E-state index is 0.00520. The molecule has 3 rings (SSSR count). The lowest BCUT2D eigenvalue weighted by Gasteiger charge is -2.40. The Labute approximate surface area is 180 Å². The van der Waals surface area contributed by atoms with Crippen LogP contribution in [-0.4, -0.2) is 84.6 Å². The van der Waals surface area contributed by atoms with Crippen molar-refractivity contribution in [3.8, 4) is 0 Å². The average molecular weight is 417 g/mol. The van der Waals surface area contributed by atoms with Crippen molar-refractivity contribution in [2.75, 3.05) is 50.7 Å². The van der Waals surface area contributed by atoms with Gasteiger partial charge < -0.3 is 10.2 Å². The van der Waals surface area contributed by atoms with E-state index in [0.29, 0.717) is 5.92 Å². The summed E-state index contributed by atoms with van der Waals surface area (Å²) in [6.07, 6.45) is 4.13. The lowest BCUT2D eigenvalue weighted by molar-refractivity contribution is -0.125. The van der Waals surface area contributed by atoms with Gasteiger partial charge in [0.25, 0.3) is 0 Å². The average Bonchev–Trinajstić information content (AvgIpc) is 2.74. The summed E-state index contributed by atoms with van der Waals surface area (Å²) in [6, 6.07) is 5.35. The Morgan fingerprint density at radius 1 is 1.13 bits per heavy atom. The van der Waals surface area contributed by atoms with Gasteiger partial charge in [-0.1, -0.05) is 6.07 Å². The molecule has 0 radical (unpaired) electrons. The Morgan fingerprint density at radius 2 is 1.90 bits per heavy atom. The minimum Gasteiger partial charge on any atom is -0.354 e. The van der Waals surface area contributed by atoms with Crippen LogP contribution in [0.2, 0.25) is 0 Å². The van der Waals surface area contributed by atoms with Crippen molar-refractivity contribution in [3.63, 3.8) is 0 Å². The molecular weight excluding hydrogens is 380 g/mol. The number of amides is 3. The third-order valence-electron chi connectivity index (χ3n) is 6.00. The number of piperazine rings is 1. The number of rotatable bonds is 6. The Balaban J connectivity index is 1.43. The first-order chi connectivity index (χ1) is 14.4. The molecule has 0 aliphatic carbocycles. The fourth-order valence-corrected chi connectivity index (χ4v) is 4.34. The highest BCUT2D eigenvalue weighted by atomic mass is 16.2. The molecule has 1 aromatic rings. The minimum atomic E-state index is -0.416. The summed E-state index contributed by atoms with van der Waals surface area (Å²) in [5, 5.41) is 5.18. The Hall–Kier alpha value is -2.19. The van der Waals surface area contributed by atoms with Crippen LogP contribution >= 0.6 is 0 Å². The third kappa shape index (κ3) is 6.40. The molecule has 8 heteroatoms. The summed E-state index contributed by atoms with van der Waals surface area (Å²) in [6.45, 7) is 12.6. The number of hydrogen-bond donors (Lipinski definition) is 2. The number of carbonyl (C=O) groups is 2. The Kier molecular flexibility index (Phi) is 8.04. The van der Waals surface area contributed by atoms with Gasteiger partial charge in [0.1, 0.15) is 5.82 Å². The van der Waals surface area contributed by atoms with E-state index in [-0.39, 0.29) is 18.0 Å². The zero-order chi connectivity index (χ0) is 21.5. The normalized spacial score (nSPS) is 22.0. The lowest BCUT2D eigenvalue weighted by Crippen LogP contribution is -2.54. The van der Waals surface area contributed by atoms with E-state index in [1.807, 2.05) is 39.1 Å². The molecule has 2 fully saturated rings. The number of hydrogen-bond acceptors (Lipinski definition) is 6. The van der Waals surface area contributed by atoms with Crippen LogP contribution in [0.1, 0.15) is 33.6 Å². The van der Waals surface area contributed by atoms with E-state index in [9.17, 15) is 9.59 Å². The highest BCUT2D eigenvalue weighted by Gasteiger charge is 2.30. The number of carbonyl (C=O) groups excluding carboxylic acids is 2. The SMILES string of the molecule is CC(C)NC(=O)NC(=O)C(C)N1CCCC(CN2CCN(c3ccccn3)CC2)C1. The number of imide groups is 1. The van der Waals surface area contributed by atoms with E-state index in [1.54, 1.807) is 0 Å². The van der Waals surface area contributed by atoms with Crippen molar-refractivity contribution in [2.24, 2.45) is 5.92 Å². The second-order valence-corrected chi connectivity index (χ2v) is 8.77. The molecule has 2 saturated heterocycles. The van der Waals surface area contributed by atoms with Gasteiger partial charge in [-0.05, 0) is 58.2 Å². The molecule has 30 heavy (non-hydrogen) atoms. The molecule has 2 N–H and O–H groups in total. The first kappa shape index (κ1) is 22.5. The van der Waals surface area contributed by atoms with Crippen LogP contribution in [0.4, 0.5) is 10.6 Å². The number of nitrogens with one attached hydrogen (secondary N) is 2. The van der Waals surface area contributed by atoms with Gasteiger partial charge in [-0.3, -0.25) is 19.9 Å². The first-order valence-electron chi connectivity index (χ1n) is 11.2. The van der Waals surface area contributed by atoms with Gasteiger partial charge in [-0.25, -0.2) is 9.78 Å². The number of likely N-dealkylation sites (tertiary alicyclic amines) is 1. The Morgan fingerprint density at radius 3 is 2.57 bits per heavy atom. The predicted molar refractivity (Wildman–Crippen MR) is 118 cm³/mol. The maximum Gasteiger partial charge on any atom is 0.321 e. The van der Waals surface area contributed by atoms with Crippen LogP contribution in [0.15, 0.2) is 24.4 Å². The van der Waals surface area contributed by atoms with Gasteiger partial charge >= 0.3 is 6.03 Å². The molecule has 8 nitrogen and oxygen atoms in total. The number of anilines is 1. The second-order valence-electron chi connectivity index (χ2n) is 8.77. The Bertz CT molecular complexity index is 690. The highest BCUT2D eigenvalue weighted by molar-refractivity contribution is 5.96. The van der Waals surface area contributed by atoms with Crippen LogP contribution in [0.5, 0.6) is 0 Å². The largest absolute Gasteiger partial charge is 0.354 e. The summed E-state index contributed by atoms with van der Waals surface area (Å²) >= 11 is 0. The monoisotopic (exact) mass is 416 g/mol. The molecule has 1 aromatic heterocycles. The summed E-state index contributed by atoms with van der Waals surface area (Å²) in [5.41, 5.74) is 0. The predicted octanol–water partition coefficient (Wildman–Crippen LogP) is 1.54. The number of urea groups is 1. The van der Waals surface area contributed by atoms with E-state index in [4.69, 9.17) is 0 Å². The molecule has 0 saturated carbocycles. The summed E-state index contributed by atoms with van der Waals surface area (Å²) in [4.78, 5) is 35.9. The number of aromatic nitrogens is 1. The van der Waals surface area contributed by atoms with Crippen LogP contribution in [0, 0.1) is 5.92 Å². The van der Waals surface area contributed by atoms with Gasteiger partial charge in [0, 0.05) is 51.5 Å². The second kappa shape index (κ2) is 10.7. The topological polar surface area (TPSA) is 80.8 Å². The molecular formula is C22H36N6O2. The molecule has 2 aliphatic heterocycles. The summed E-state index contributed by atoms with van der Waals surface area (Å²) in [5.74, 6) is 1.39. The quantitative estimate of drug-likeness (QED) is 0.732. The molecule has 2 atom stereocenters. The standard InChI is InChI=1S/C22H36N6O2/c1-17(2)24-22(30)25-21(29)18(3)28-10-6-7-19(16-28)15-26-11-13-27(14-12-26)20-8-4-5-9-23-20/h4-5,8-9,17-19H,6-7,10-16H2,1-3H3,(H2,24,25,29,30). The fourth-order valence-electron chi connectivity index (χ4n) is 4.34. The highest BCUT2D eigenvalue weighted by Crippen LogP contribution is 2.21. The number of nitrogens with zero attached hydrogens (tertiary/aromatic N) is 4. The van der Waals surface area contributed by atoms with Gasteiger partial charge in [0.2, 0.25) is 5.91 Å². The molecule has 2 unspecified atom stereocenters.